The van der Waals surface area contributed by atoms with Gasteiger partial charge < -0.3 is 15.0 Å². The maximum atomic E-state index is 13.1. The number of aryl methyl sites for hydroxylation is 1. The van der Waals surface area contributed by atoms with Crippen LogP contribution in [0.15, 0.2) is 30.3 Å². The molecule has 0 saturated carbocycles. The van der Waals surface area contributed by atoms with E-state index >= 15 is 0 Å². The van der Waals surface area contributed by atoms with Crippen molar-refractivity contribution in [2.75, 3.05) is 13.2 Å². The minimum atomic E-state index is -0.597. The summed E-state index contributed by atoms with van der Waals surface area (Å²) in [6.07, 6.45) is 2.02. The van der Waals surface area contributed by atoms with E-state index in [1.807, 2.05) is 44.2 Å². The molecule has 0 radical (unpaired) electrons. The molecule has 2 amide bonds. The number of likely N-dealkylation sites (tertiary alicyclic amines) is 1. The Balaban J connectivity index is 1.62. The van der Waals surface area contributed by atoms with Gasteiger partial charge in [-0.1, -0.05) is 44.2 Å². The molecule has 6 heteroatoms. The maximum absolute atomic E-state index is 13.1. The second-order valence-corrected chi connectivity index (χ2v) is 7.82. The second-order valence-electron chi connectivity index (χ2n) is 7.82. The molecule has 6 nitrogen and oxygen atoms in total. The molecular weight excluding hydrogens is 344 g/mol. The third kappa shape index (κ3) is 4.75. The summed E-state index contributed by atoms with van der Waals surface area (Å²) in [5.74, 6) is -0.0856. The molecule has 27 heavy (non-hydrogen) atoms. The van der Waals surface area contributed by atoms with Crippen molar-refractivity contribution in [1.82, 2.24) is 10.2 Å². The van der Waals surface area contributed by atoms with Crippen LogP contribution in [0.25, 0.3) is 0 Å². The van der Waals surface area contributed by atoms with E-state index in [1.54, 1.807) is 4.90 Å². The molecule has 3 rings (SSSR count). The first-order valence-electron chi connectivity index (χ1n) is 9.73. The Bertz CT molecular complexity index is 689. The van der Waals surface area contributed by atoms with Gasteiger partial charge in [0, 0.05) is 13.0 Å². The number of benzene rings is 1. The van der Waals surface area contributed by atoms with Gasteiger partial charge in [-0.3, -0.25) is 14.4 Å². The van der Waals surface area contributed by atoms with E-state index in [2.05, 4.69) is 5.32 Å². The van der Waals surface area contributed by atoms with Crippen molar-refractivity contribution in [2.24, 2.45) is 5.92 Å². The van der Waals surface area contributed by atoms with Crippen LogP contribution in [0.1, 0.15) is 38.7 Å². The van der Waals surface area contributed by atoms with Crippen LogP contribution < -0.4 is 5.32 Å². The molecule has 2 aliphatic heterocycles. The number of Topliss-reactive ketones (excluding diaryl/α,β-unsaturated/α-hetero) is 1. The lowest BCUT2D eigenvalue weighted by atomic mass is 10.0. The standard InChI is InChI=1S/C21H28N2O4/c1-14(2)12-16(22-19(25)9-8-15-6-4-3-5-7-15)21(26)23-11-10-18-20(23)17(24)13-27-18/h3-7,14,16,18,20H,8-13H2,1-2H3,(H,22,25)/t16?,18-,20?/m0/s1. The van der Waals surface area contributed by atoms with E-state index < -0.39 is 12.1 Å². The first-order chi connectivity index (χ1) is 13.0. The van der Waals surface area contributed by atoms with Crippen LogP contribution in [0.2, 0.25) is 0 Å². The molecule has 0 spiro atoms. The predicted molar refractivity (Wildman–Crippen MR) is 101 cm³/mol. The summed E-state index contributed by atoms with van der Waals surface area (Å²) in [4.78, 5) is 39.2. The Labute approximate surface area is 160 Å². The van der Waals surface area contributed by atoms with Gasteiger partial charge in [-0.05, 0) is 30.7 Å². The van der Waals surface area contributed by atoms with Gasteiger partial charge in [0.1, 0.15) is 18.7 Å². The number of ether oxygens (including phenoxy) is 1. The predicted octanol–water partition coefficient (Wildman–Crippen LogP) is 1.72. The molecule has 0 bridgehead atoms. The smallest absolute Gasteiger partial charge is 0.245 e. The van der Waals surface area contributed by atoms with Crippen LogP contribution in [0, 0.1) is 5.92 Å². The quantitative estimate of drug-likeness (QED) is 0.791. The van der Waals surface area contributed by atoms with Crippen molar-refractivity contribution < 1.29 is 19.1 Å². The summed E-state index contributed by atoms with van der Waals surface area (Å²) >= 11 is 0. The van der Waals surface area contributed by atoms with Crippen LogP contribution in [-0.2, 0) is 25.5 Å². The van der Waals surface area contributed by atoms with Crippen LogP contribution in [0.3, 0.4) is 0 Å². The number of hydrogen-bond acceptors (Lipinski definition) is 4. The Morgan fingerprint density at radius 1 is 1.26 bits per heavy atom. The summed E-state index contributed by atoms with van der Waals surface area (Å²) in [5.41, 5.74) is 1.09. The molecular formula is C21H28N2O4. The van der Waals surface area contributed by atoms with Gasteiger partial charge in [0.05, 0.1) is 6.10 Å². The molecule has 1 aromatic carbocycles. The van der Waals surface area contributed by atoms with Crippen molar-refractivity contribution in [3.05, 3.63) is 35.9 Å². The third-order valence-corrected chi connectivity index (χ3v) is 5.22. The average Bonchev–Trinajstić information content (AvgIpc) is 3.22. The van der Waals surface area contributed by atoms with Gasteiger partial charge in [-0.25, -0.2) is 0 Å². The van der Waals surface area contributed by atoms with Gasteiger partial charge in [-0.2, -0.15) is 0 Å². The van der Waals surface area contributed by atoms with Crippen LogP contribution >= 0.6 is 0 Å². The highest BCUT2D eigenvalue weighted by Crippen LogP contribution is 2.28. The SMILES string of the molecule is CC(C)CC(NC(=O)CCc1ccccc1)C(=O)N1CC[C@@H]2OCC(=O)C21. The molecule has 2 heterocycles. The van der Waals surface area contributed by atoms with Gasteiger partial charge in [0.15, 0.2) is 5.78 Å². The van der Waals surface area contributed by atoms with E-state index in [-0.39, 0.29) is 36.2 Å². The van der Waals surface area contributed by atoms with Crippen molar-refractivity contribution in [1.29, 1.82) is 0 Å². The maximum Gasteiger partial charge on any atom is 0.245 e. The zero-order valence-electron chi connectivity index (χ0n) is 16.0. The topological polar surface area (TPSA) is 75.7 Å². The molecule has 1 N–H and O–H groups in total. The van der Waals surface area contributed by atoms with E-state index in [9.17, 15) is 14.4 Å². The van der Waals surface area contributed by atoms with Crippen molar-refractivity contribution in [2.45, 2.75) is 57.7 Å². The van der Waals surface area contributed by atoms with Crippen LogP contribution in [0.4, 0.5) is 0 Å². The summed E-state index contributed by atoms with van der Waals surface area (Å²) in [5, 5.41) is 2.91. The lowest BCUT2D eigenvalue weighted by Gasteiger charge is -2.28. The normalized spacial score (nSPS) is 22.8. The highest BCUT2D eigenvalue weighted by atomic mass is 16.5. The van der Waals surface area contributed by atoms with Crippen molar-refractivity contribution in [3.63, 3.8) is 0 Å². The van der Waals surface area contributed by atoms with Gasteiger partial charge >= 0.3 is 0 Å². The Morgan fingerprint density at radius 2 is 2.00 bits per heavy atom. The van der Waals surface area contributed by atoms with E-state index in [4.69, 9.17) is 4.74 Å². The monoisotopic (exact) mass is 372 g/mol. The van der Waals surface area contributed by atoms with Crippen LogP contribution in [-0.4, -0.2) is 53.8 Å². The highest BCUT2D eigenvalue weighted by molar-refractivity contribution is 5.95. The number of carbonyl (C=O) groups excluding carboxylic acids is 3. The summed E-state index contributed by atoms with van der Waals surface area (Å²) < 4.78 is 5.47. The fraction of sp³-hybridized carbons (Fsp3) is 0.571. The molecule has 146 valence electrons. The number of carbonyl (C=O) groups is 3. The lowest BCUT2D eigenvalue weighted by Crippen LogP contribution is -2.52. The second kappa shape index (κ2) is 8.65. The molecule has 2 fully saturated rings. The molecule has 2 saturated heterocycles. The van der Waals surface area contributed by atoms with Gasteiger partial charge in [0.2, 0.25) is 11.8 Å². The largest absolute Gasteiger partial charge is 0.368 e. The average molecular weight is 372 g/mol. The minimum absolute atomic E-state index is 0.0375. The molecule has 2 unspecified atom stereocenters. The number of nitrogens with one attached hydrogen (secondary N) is 1. The Morgan fingerprint density at radius 3 is 2.70 bits per heavy atom. The molecule has 2 aliphatic rings. The zero-order chi connectivity index (χ0) is 19.4. The van der Waals surface area contributed by atoms with Crippen molar-refractivity contribution >= 4 is 17.6 Å². The summed E-state index contributed by atoms with van der Waals surface area (Å²) in [7, 11) is 0. The number of nitrogens with zero attached hydrogens (tertiary/aromatic N) is 1. The van der Waals surface area contributed by atoms with Crippen LogP contribution in [0.5, 0.6) is 0 Å². The number of ketones is 1. The number of rotatable bonds is 7. The molecule has 0 aromatic heterocycles. The molecule has 3 atom stereocenters. The minimum Gasteiger partial charge on any atom is -0.368 e. The third-order valence-electron chi connectivity index (χ3n) is 5.22. The van der Waals surface area contributed by atoms with E-state index in [1.165, 1.54) is 0 Å². The van der Waals surface area contributed by atoms with Crippen molar-refractivity contribution in [3.8, 4) is 0 Å². The molecule has 0 aliphatic carbocycles. The van der Waals surface area contributed by atoms with Gasteiger partial charge in [-0.15, -0.1) is 0 Å². The first kappa shape index (κ1) is 19.5. The number of fused-ring (bicyclic) bond motifs is 1. The number of amides is 2. The fourth-order valence-electron chi connectivity index (χ4n) is 3.90. The van der Waals surface area contributed by atoms with E-state index in [0.29, 0.717) is 32.2 Å². The lowest BCUT2D eigenvalue weighted by molar-refractivity contribution is -0.140. The fourth-order valence-corrected chi connectivity index (χ4v) is 3.90. The summed E-state index contributed by atoms with van der Waals surface area (Å²) in [6, 6.07) is 8.73. The zero-order valence-corrected chi connectivity index (χ0v) is 16.0. The highest BCUT2D eigenvalue weighted by Gasteiger charge is 2.47. The number of hydrogen-bond donors (Lipinski definition) is 1. The van der Waals surface area contributed by atoms with Gasteiger partial charge in [0.25, 0.3) is 0 Å². The van der Waals surface area contributed by atoms with E-state index in [0.717, 1.165) is 5.56 Å². The Kier molecular flexibility index (Phi) is 6.26. The first-order valence-corrected chi connectivity index (χ1v) is 9.73. The Hall–Kier alpha value is -2.21. The molecule has 1 aromatic rings. The summed E-state index contributed by atoms with van der Waals surface area (Å²) in [6.45, 7) is 4.63.